The molecule has 9 aromatic carbocycles. The van der Waals surface area contributed by atoms with Gasteiger partial charge in [0.2, 0.25) is 0 Å². The quantitative estimate of drug-likeness (QED) is 0.167. The highest BCUT2D eigenvalue weighted by molar-refractivity contribution is 6.17. The average Bonchev–Trinajstić information content (AvgIpc) is 3.88. The Hall–Kier alpha value is -7.42. The Morgan fingerprint density at radius 1 is 0.355 bits per heavy atom. The lowest BCUT2D eigenvalue weighted by Gasteiger charge is -2.31. The molecule has 0 spiro atoms. The summed E-state index contributed by atoms with van der Waals surface area (Å²) in [7, 11) is 0. The Morgan fingerprint density at radius 3 is 1.63 bits per heavy atom. The molecule has 296 valence electrons. The number of para-hydroxylation sites is 2. The van der Waals surface area contributed by atoms with E-state index in [1.165, 1.54) is 83.3 Å². The lowest BCUT2D eigenvalue weighted by atomic mass is 9.81. The van der Waals surface area contributed by atoms with E-state index in [-0.39, 0.29) is 10.8 Å². The van der Waals surface area contributed by atoms with Gasteiger partial charge in [-0.1, -0.05) is 185 Å². The van der Waals surface area contributed by atoms with Gasteiger partial charge in [0, 0.05) is 44.1 Å². The van der Waals surface area contributed by atoms with Crippen LogP contribution in [0.15, 0.2) is 205 Å². The first-order chi connectivity index (χ1) is 30.3. The van der Waals surface area contributed by atoms with E-state index < -0.39 is 0 Å². The number of anilines is 3. The van der Waals surface area contributed by atoms with Crippen LogP contribution in [0.3, 0.4) is 0 Å². The van der Waals surface area contributed by atoms with Crippen molar-refractivity contribution in [2.75, 3.05) is 4.90 Å². The van der Waals surface area contributed by atoms with Gasteiger partial charge in [0.1, 0.15) is 11.2 Å². The first-order valence-corrected chi connectivity index (χ1v) is 21.8. The van der Waals surface area contributed by atoms with Crippen LogP contribution in [0, 0.1) is 0 Å². The highest BCUT2D eigenvalue weighted by Gasteiger charge is 2.40. The highest BCUT2D eigenvalue weighted by Crippen LogP contribution is 2.57. The number of hydrogen-bond donors (Lipinski definition) is 0. The van der Waals surface area contributed by atoms with Crippen molar-refractivity contribution in [1.29, 1.82) is 0 Å². The van der Waals surface area contributed by atoms with E-state index in [0.717, 1.165) is 33.6 Å². The first-order valence-electron chi connectivity index (χ1n) is 21.8. The van der Waals surface area contributed by atoms with Crippen LogP contribution in [0.1, 0.15) is 49.9 Å². The fourth-order valence-electron chi connectivity index (χ4n) is 10.7. The fraction of sp³-hybridized carbons (Fsp3) is 0.100. The summed E-state index contributed by atoms with van der Waals surface area (Å²) in [5, 5.41) is 2.32. The minimum atomic E-state index is -0.308. The summed E-state index contributed by atoms with van der Waals surface area (Å²) in [6.45, 7) is 9.50. The van der Waals surface area contributed by atoms with Gasteiger partial charge in [0.05, 0.1) is 5.69 Å². The SMILES string of the molecule is CC1(C)c2ccccc2-c2ccc(N(c3ccc4c(c3)C(C)(C)c3cc5oc6ccccc6c5c(-c5ccccc5)c3-4)c3ccccc3-c3ccc(-c4ccccc4)cc3)cc21. The zero-order valence-electron chi connectivity index (χ0n) is 35.4. The van der Waals surface area contributed by atoms with Crippen molar-refractivity contribution in [2.24, 2.45) is 0 Å². The third-order valence-corrected chi connectivity index (χ3v) is 13.9. The zero-order valence-corrected chi connectivity index (χ0v) is 35.4. The summed E-state index contributed by atoms with van der Waals surface area (Å²) in [5.74, 6) is 0. The van der Waals surface area contributed by atoms with Gasteiger partial charge < -0.3 is 9.32 Å². The molecule has 62 heavy (non-hydrogen) atoms. The molecule has 1 aromatic heterocycles. The molecule has 0 atom stereocenters. The maximum atomic E-state index is 6.67. The molecule has 2 aliphatic rings. The lowest BCUT2D eigenvalue weighted by Crippen LogP contribution is -2.18. The van der Waals surface area contributed by atoms with E-state index in [1.807, 2.05) is 0 Å². The second-order valence-corrected chi connectivity index (χ2v) is 18.1. The monoisotopic (exact) mass is 795 g/mol. The van der Waals surface area contributed by atoms with Gasteiger partial charge in [-0.05, 0) is 109 Å². The summed E-state index contributed by atoms with van der Waals surface area (Å²) in [6.07, 6.45) is 0. The van der Waals surface area contributed by atoms with Crippen molar-refractivity contribution < 1.29 is 4.42 Å². The predicted molar refractivity (Wildman–Crippen MR) is 260 cm³/mol. The maximum Gasteiger partial charge on any atom is 0.136 e. The Morgan fingerprint density at radius 2 is 0.887 bits per heavy atom. The molecule has 0 fully saturated rings. The van der Waals surface area contributed by atoms with Gasteiger partial charge in [-0.15, -0.1) is 0 Å². The van der Waals surface area contributed by atoms with Gasteiger partial charge >= 0.3 is 0 Å². The molecule has 0 bridgehead atoms. The molecule has 0 radical (unpaired) electrons. The lowest BCUT2D eigenvalue weighted by molar-refractivity contribution is 0.647. The summed E-state index contributed by atoms with van der Waals surface area (Å²) in [5.41, 5.74) is 22.6. The molecule has 0 aliphatic heterocycles. The summed E-state index contributed by atoms with van der Waals surface area (Å²) >= 11 is 0. The van der Waals surface area contributed by atoms with E-state index in [1.54, 1.807) is 0 Å². The van der Waals surface area contributed by atoms with Crippen molar-refractivity contribution in [3.8, 4) is 55.6 Å². The van der Waals surface area contributed by atoms with Crippen molar-refractivity contribution in [3.63, 3.8) is 0 Å². The van der Waals surface area contributed by atoms with Crippen LogP contribution in [-0.4, -0.2) is 0 Å². The van der Waals surface area contributed by atoms with E-state index in [0.29, 0.717) is 0 Å². The maximum absolute atomic E-state index is 6.67. The number of benzene rings is 9. The number of nitrogens with zero attached hydrogens (tertiary/aromatic N) is 1. The summed E-state index contributed by atoms with van der Waals surface area (Å²) in [4.78, 5) is 2.50. The van der Waals surface area contributed by atoms with Crippen LogP contribution in [-0.2, 0) is 10.8 Å². The fourth-order valence-corrected chi connectivity index (χ4v) is 10.7. The van der Waals surface area contributed by atoms with E-state index in [2.05, 4.69) is 233 Å². The molecule has 2 aliphatic carbocycles. The second kappa shape index (κ2) is 13.5. The molecule has 0 saturated heterocycles. The van der Waals surface area contributed by atoms with Crippen LogP contribution in [0.5, 0.6) is 0 Å². The average molecular weight is 796 g/mol. The molecule has 2 heteroatoms. The van der Waals surface area contributed by atoms with E-state index in [4.69, 9.17) is 4.42 Å². The van der Waals surface area contributed by atoms with Crippen LogP contribution in [0.25, 0.3) is 77.6 Å². The Balaban J connectivity index is 1.08. The molecule has 12 rings (SSSR count). The van der Waals surface area contributed by atoms with Crippen LogP contribution < -0.4 is 4.90 Å². The highest BCUT2D eigenvalue weighted by atomic mass is 16.3. The Labute approximate surface area is 363 Å². The Kier molecular flexibility index (Phi) is 7.96. The predicted octanol–water partition coefficient (Wildman–Crippen LogP) is 16.7. The molecule has 10 aromatic rings. The van der Waals surface area contributed by atoms with Crippen molar-refractivity contribution in [3.05, 3.63) is 222 Å². The van der Waals surface area contributed by atoms with Gasteiger partial charge in [0.15, 0.2) is 0 Å². The molecule has 0 saturated carbocycles. The zero-order chi connectivity index (χ0) is 41.7. The third kappa shape index (κ3) is 5.36. The van der Waals surface area contributed by atoms with Crippen molar-refractivity contribution in [2.45, 2.75) is 38.5 Å². The standard InChI is InChI=1S/C60H45NO/c1-59(2)49-24-14-11-22-45(49)46-33-31-42(35-50(46)59)61(53-25-15-12-21-44(53)40-29-27-39(28-30-40)38-17-7-5-8-18-38)43-32-34-47-51(36-43)60(3,4)52-37-55-58(48-23-13-16-26-54(48)62-55)56(57(47)52)41-19-9-6-10-20-41/h5-37H,1-4H3. The van der Waals surface area contributed by atoms with Crippen molar-refractivity contribution in [1.82, 2.24) is 0 Å². The number of furan rings is 1. The minimum Gasteiger partial charge on any atom is -0.456 e. The number of rotatable bonds is 6. The van der Waals surface area contributed by atoms with Gasteiger partial charge in [0.25, 0.3) is 0 Å². The summed E-state index contributed by atoms with van der Waals surface area (Å²) < 4.78 is 6.67. The number of fused-ring (bicyclic) bond motifs is 9. The van der Waals surface area contributed by atoms with Crippen LogP contribution >= 0.6 is 0 Å². The van der Waals surface area contributed by atoms with Crippen molar-refractivity contribution >= 4 is 39.0 Å². The van der Waals surface area contributed by atoms with Gasteiger partial charge in [-0.2, -0.15) is 0 Å². The van der Waals surface area contributed by atoms with Gasteiger partial charge in [-0.25, -0.2) is 0 Å². The molecule has 0 unspecified atom stereocenters. The Bertz CT molecular complexity index is 3390. The normalized spacial score (nSPS) is 14.1. The first kappa shape index (κ1) is 36.4. The number of hydrogen-bond acceptors (Lipinski definition) is 2. The molecule has 0 amide bonds. The minimum absolute atomic E-state index is 0.142. The third-order valence-electron chi connectivity index (χ3n) is 13.9. The molecule has 1 heterocycles. The van der Waals surface area contributed by atoms with Gasteiger partial charge in [-0.3, -0.25) is 0 Å². The molecular weight excluding hydrogens is 751 g/mol. The van der Waals surface area contributed by atoms with Crippen LogP contribution in [0.2, 0.25) is 0 Å². The van der Waals surface area contributed by atoms with E-state index in [9.17, 15) is 0 Å². The second-order valence-electron chi connectivity index (χ2n) is 18.1. The largest absolute Gasteiger partial charge is 0.456 e. The molecule has 0 N–H and O–H groups in total. The smallest absolute Gasteiger partial charge is 0.136 e. The van der Waals surface area contributed by atoms with Crippen LogP contribution in [0.4, 0.5) is 17.1 Å². The topological polar surface area (TPSA) is 16.4 Å². The van der Waals surface area contributed by atoms with E-state index >= 15 is 0 Å². The summed E-state index contributed by atoms with van der Waals surface area (Å²) in [6, 6.07) is 73.5. The molecule has 2 nitrogen and oxygen atoms in total. The molecular formula is C60H45NO.